The number of nitrogens with zero attached hydrogens (tertiary/aromatic N) is 2. The van der Waals surface area contributed by atoms with Gasteiger partial charge in [-0.2, -0.15) is 0 Å². The molecule has 6 nitrogen and oxygen atoms in total. The first kappa shape index (κ1) is 22.0. The van der Waals surface area contributed by atoms with Gasteiger partial charge in [0.2, 0.25) is 0 Å². The summed E-state index contributed by atoms with van der Waals surface area (Å²) < 4.78 is 5.23. The molecule has 1 aliphatic heterocycles. The number of methoxy groups -OCH3 is 1. The first-order valence-electron chi connectivity index (χ1n) is 8.34. The molecule has 0 bridgehead atoms. The zero-order valence-corrected chi connectivity index (χ0v) is 17.5. The number of nitrogen functional groups attached to an aromatic ring is 1. The summed E-state index contributed by atoms with van der Waals surface area (Å²) in [6.45, 7) is 6.85. The number of anilines is 1. The van der Waals surface area contributed by atoms with Crippen LogP contribution in [0, 0.1) is 0 Å². The van der Waals surface area contributed by atoms with Gasteiger partial charge in [-0.25, -0.2) is 5.01 Å². The maximum absolute atomic E-state index is 12.5. The molecule has 8 heteroatoms. The maximum Gasteiger partial charge on any atom is 0.269 e. The Morgan fingerprint density at radius 1 is 1.32 bits per heavy atom. The summed E-state index contributed by atoms with van der Waals surface area (Å²) >= 11 is 8.95. The second-order valence-electron chi connectivity index (χ2n) is 5.70. The number of nitrogens with one attached hydrogen (secondary N) is 1. The van der Waals surface area contributed by atoms with Crippen LogP contribution in [0.15, 0.2) is 12.1 Å². The maximum atomic E-state index is 12.5. The number of carbonyl (C=O) groups excluding carboxylic acids is 1. The van der Waals surface area contributed by atoms with Crippen LogP contribution in [-0.4, -0.2) is 61.5 Å². The van der Waals surface area contributed by atoms with E-state index in [-0.39, 0.29) is 5.91 Å². The second kappa shape index (κ2) is 11.6. The van der Waals surface area contributed by atoms with Gasteiger partial charge < -0.3 is 15.4 Å². The lowest BCUT2D eigenvalue weighted by atomic mass is 10.1. The van der Waals surface area contributed by atoms with Crippen molar-refractivity contribution >= 4 is 39.1 Å². The number of ether oxygens (including phenoxy) is 1. The SMILES string of the molecule is CBr.CCCCN1CCN(NC(=O)c2cc(Cl)c(N)cc2OC)CC1. The second-order valence-corrected chi connectivity index (χ2v) is 6.10. The zero-order chi connectivity index (χ0) is 18.8. The number of nitrogens with two attached hydrogens (primary N) is 1. The third-order valence-corrected chi connectivity index (χ3v) is 4.35. The molecule has 142 valence electrons. The van der Waals surface area contributed by atoms with Crippen molar-refractivity contribution < 1.29 is 9.53 Å². The molecule has 3 N–H and O–H groups in total. The molecule has 1 aromatic rings. The minimum absolute atomic E-state index is 0.231. The van der Waals surface area contributed by atoms with E-state index in [1.807, 2.05) is 10.8 Å². The summed E-state index contributed by atoms with van der Waals surface area (Å²) in [4.78, 5) is 14.9. The minimum atomic E-state index is -0.231. The van der Waals surface area contributed by atoms with E-state index in [0.717, 1.165) is 32.7 Å². The van der Waals surface area contributed by atoms with E-state index in [9.17, 15) is 4.79 Å². The van der Waals surface area contributed by atoms with Crippen molar-refractivity contribution in [3.63, 3.8) is 0 Å². The van der Waals surface area contributed by atoms with Crippen LogP contribution in [0.3, 0.4) is 0 Å². The fraction of sp³-hybridized carbons (Fsp3) is 0.588. The molecular weight excluding hydrogens is 408 g/mol. The molecule has 2 rings (SSSR count). The lowest BCUT2D eigenvalue weighted by Crippen LogP contribution is -2.53. The lowest BCUT2D eigenvalue weighted by Gasteiger charge is -2.34. The number of hydrazine groups is 1. The van der Waals surface area contributed by atoms with E-state index in [1.54, 1.807) is 12.1 Å². The van der Waals surface area contributed by atoms with Gasteiger partial charge in [0.05, 0.1) is 23.4 Å². The topological polar surface area (TPSA) is 70.8 Å². The van der Waals surface area contributed by atoms with Crippen LogP contribution in [0.25, 0.3) is 0 Å². The van der Waals surface area contributed by atoms with Gasteiger partial charge in [-0.1, -0.05) is 40.9 Å². The van der Waals surface area contributed by atoms with Gasteiger partial charge in [-0.05, 0) is 24.9 Å². The van der Waals surface area contributed by atoms with Crippen LogP contribution >= 0.6 is 27.5 Å². The van der Waals surface area contributed by atoms with Crippen LogP contribution in [0.1, 0.15) is 30.1 Å². The molecule has 0 unspecified atom stereocenters. The number of alkyl halides is 1. The van der Waals surface area contributed by atoms with Crippen molar-refractivity contribution in [2.75, 3.05) is 51.4 Å². The van der Waals surface area contributed by atoms with Crippen LogP contribution in [0.2, 0.25) is 5.02 Å². The van der Waals surface area contributed by atoms with Crippen molar-refractivity contribution in [1.82, 2.24) is 15.3 Å². The van der Waals surface area contributed by atoms with Crippen molar-refractivity contribution in [2.45, 2.75) is 19.8 Å². The summed E-state index contributed by atoms with van der Waals surface area (Å²) in [6.07, 6.45) is 2.42. The van der Waals surface area contributed by atoms with E-state index in [2.05, 4.69) is 33.2 Å². The fourth-order valence-electron chi connectivity index (χ4n) is 2.58. The largest absolute Gasteiger partial charge is 0.496 e. The van der Waals surface area contributed by atoms with E-state index in [1.165, 1.54) is 20.0 Å². The number of hydrogen-bond donors (Lipinski definition) is 2. The summed E-state index contributed by atoms with van der Waals surface area (Å²) in [5.74, 6) is 2.00. The van der Waals surface area contributed by atoms with Crippen molar-refractivity contribution in [1.29, 1.82) is 0 Å². The molecular formula is C17H28BrClN4O2. The molecule has 0 aliphatic carbocycles. The average Bonchev–Trinajstić information content (AvgIpc) is 2.64. The highest BCUT2D eigenvalue weighted by Crippen LogP contribution is 2.28. The number of hydrogen-bond acceptors (Lipinski definition) is 5. The van der Waals surface area contributed by atoms with Crippen LogP contribution in [0.4, 0.5) is 5.69 Å². The molecule has 0 atom stereocenters. The Labute approximate surface area is 163 Å². The quantitative estimate of drug-likeness (QED) is 0.531. The van der Waals surface area contributed by atoms with Gasteiger partial charge in [-0.3, -0.25) is 10.2 Å². The van der Waals surface area contributed by atoms with Crippen LogP contribution in [-0.2, 0) is 0 Å². The molecule has 0 spiro atoms. The molecule has 1 fully saturated rings. The normalized spacial score (nSPS) is 15.2. The highest BCUT2D eigenvalue weighted by atomic mass is 79.9. The number of rotatable bonds is 6. The molecule has 1 aliphatic rings. The van der Waals surface area contributed by atoms with E-state index < -0.39 is 0 Å². The Kier molecular flexibility index (Phi) is 10.2. The van der Waals surface area contributed by atoms with Crippen molar-refractivity contribution in [3.8, 4) is 5.75 Å². The van der Waals surface area contributed by atoms with Crippen molar-refractivity contribution in [3.05, 3.63) is 22.7 Å². The standard InChI is InChI=1S/C16H25ClN4O2.CH3Br/c1-3-4-5-20-6-8-21(9-7-20)19-16(22)12-10-13(17)14(18)11-15(12)23-2;1-2/h10-11H,3-9,18H2,1-2H3,(H,19,22);1H3. The van der Waals surface area contributed by atoms with Gasteiger partial charge >= 0.3 is 0 Å². The third-order valence-electron chi connectivity index (χ3n) is 4.02. The van der Waals surface area contributed by atoms with Gasteiger partial charge in [0, 0.05) is 32.2 Å². The Morgan fingerprint density at radius 3 is 2.52 bits per heavy atom. The number of piperazine rings is 1. The first-order valence-corrected chi connectivity index (χ1v) is 10.3. The monoisotopic (exact) mass is 434 g/mol. The molecule has 1 aromatic carbocycles. The summed E-state index contributed by atoms with van der Waals surface area (Å²) in [7, 11) is 1.51. The van der Waals surface area contributed by atoms with Gasteiger partial charge in [-0.15, -0.1) is 0 Å². The Balaban J connectivity index is 0.00000151. The molecule has 0 radical (unpaired) electrons. The number of halogens is 2. The Bertz CT molecular complexity index is 552. The number of benzene rings is 1. The average molecular weight is 436 g/mol. The first-order chi connectivity index (χ1) is 12.0. The van der Waals surface area contributed by atoms with E-state index in [4.69, 9.17) is 22.1 Å². The highest BCUT2D eigenvalue weighted by Gasteiger charge is 2.21. The Hall–Kier alpha value is -1.02. The van der Waals surface area contributed by atoms with E-state index >= 15 is 0 Å². The molecule has 0 saturated carbocycles. The predicted octanol–water partition coefficient (Wildman–Crippen LogP) is 3.00. The lowest BCUT2D eigenvalue weighted by molar-refractivity contribution is 0.0615. The molecule has 0 aromatic heterocycles. The van der Waals surface area contributed by atoms with Crippen molar-refractivity contribution in [2.24, 2.45) is 0 Å². The number of amides is 1. The third kappa shape index (κ3) is 6.66. The minimum Gasteiger partial charge on any atom is -0.496 e. The zero-order valence-electron chi connectivity index (χ0n) is 15.1. The van der Waals surface area contributed by atoms with Gasteiger partial charge in [0.1, 0.15) is 5.75 Å². The number of carbonyl (C=O) groups is 1. The molecule has 1 saturated heterocycles. The van der Waals surface area contributed by atoms with Gasteiger partial charge in [0.15, 0.2) is 0 Å². The fourth-order valence-corrected chi connectivity index (χ4v) is 2.75. The highest BCUT2D eigenvalue weighted by molar-refractivity contribution is 9.08. The molecule has 1 amide bonds. The molecule has 1 heterocycles. The number of unbranched alkanes of at least 4 members (excludes halogenated alkanes) is 1. The summed E-state index contributed by atoms with van der Waals surface area (Å²) in [5, 5.41) is 2.29. The van der Waals surface area contributed by atoms with E-state index in [0.29, 0.717) is 22.0 Å². The summed E-state index contributed by atoms with van der Waals surface area (Å²) in [5.41, 5.74) is 9.45. The summed E-state index contributed by atoms with van der Waals surface area (Å²) in [6, 6.07) is 3.11. The van der Waals surface area contributed by atoms with Crippen LogP contribution < -0.4 is 15.9 Å². The van der Waals surface area contributed by atoms with Gasteiger partial charge in [0.25, 0.3) is 5.91 Å². The smallest absolute Gasteiger partial charge is 0.269 e. The molecule has 25 heavy (non-hydrogen) atoms. The van der Waals surface area contributed by atoms with Crippen LogP contribution in [0.5, 0.6) is 5.75 Å². The predicted molar refractivity (Wildman–Crippen MR) is 108 cm³/mol. The Morgan fingerprint density at radius 2 is 1.96 bits per heavy atom.